The van der Waals surface area contributed by atoms with Crippen LogP contribution in [-0.4, -0.2) is 163 Å². The third-order valence-electron chi connectivity index (χ3n) is 14.1. The van der Waals surface area contributed by atoms with E-state index < -0.39 is 46.8 Å². The summed E-state index contributed by atoms with van der Waals surface area (Å²) in [7, 11) is 0. The molecule has 2 amide bonds. The molecule has 2 aromatic carbocycles. The molecule has 36 nitrogen and oxygen atoms in total. The minimum atomic E-state index is -1.08. The lowest BCUT2D eigenvalue weighted by molar-refractivity contribution is -0.154. The van der Waals surface area contributed by atoms with E-state index in [2.05, 4.69) is 137 Å². The fourth-order valence-electron chi connectivity index (χ4n) is 9.39. The van der Waals surface area contributed by atoms with Crippen LogP contribution < -0.4 is 33.8 Å². The molecular formula is C76H90AlClN14O22S2. The summed E-state index contributed by atoms with van der Waals surface area (Å²) in [6.45, 7) is 7.37. The minimum absolute atomic E-state index is 0. The lowest BCUT2D eigenvalue weighted by Gasteiger charge is -2.11. The van der Waals surface area contributed by atoms with Crippen molar-refractivity contribution in [3.05, 3.63) is 239 Å². The number of nitrogens with one attached hydrogen (secondary N) is 2. The largest absolute Gasteiger partial charge is 0.475 e. The first-order valence-electron chi connectivity index (χ1n) is 34.7. The number of amides is 2. The van der Waals surface area contributed by atoms with E-state index in [1.54, 1.807) is 107 Å². The van der Waals surface area contributed by atoms with E-state index in [1.807, 2.05) is 21.8 Å². The Morgan fingerprint density at radius 1 is 0.543 bits per heavy atom. The summed E-state index contributed by atoms with van der Waals surface area (Å²) >= 11 is 6.89. The number of carboxylic acid groups (broad SMARTS) is 1. The fraction of sp³-hybridized carbons (Fsp3) is 0.263. The van der Waals surface area contributed by atoms with Gasteiger partial charge >= 0.3 is 41.0 Å². The number of Topliss-reactive ketones (excluding diaryl/α,β-unsaturated/α-hetero) is 2. The van der Waals surface area contributed by atoms with Crippen LogP contribution in [-0.2, 0) is 51.0 Å². The summed E-state index contributed by atoms with van der Waals surface area (Å²) in [5.74, 6) is 11.1. The van der Waals surface area contributed by atoms with Crippen molar-refractivity contribution >= 4 is 118 Å². The number of carbonyl (C=O) groups excluding carboxylic acids is 9. The molecule has 0 saturated heterocycles. The van der Waals surface area contributed by atoms with Gasteiger partial charge in [-0.25, -0.2) is 24.0 Å². The van der Waals surface area contributed by atoms with Crippen molar-refractivity contribution < 1.29 is 104 Å². The predicted molar refractivity (Wildman–Crippen MR) is 428 cm³/mol. The maximum atomic E-state index is 12.5. The van der Waals surface area contributed by atoms with Gasteiger partial charge in [0.15, 0.2) is 33.1 Å². The molecule has 618 valence electrons. The number of nitrogen functional groups attached to an aromatic ring is 1. The number of carboxylic acids is 1. The Bertz CT molecular complexity index is 4850. The number of halogens is 1. The number of hydrogen-bond donors (Lipinski definition) is 7. The number of nitrogens with zero attached hydrogens (tertiary/aromatic N) is 8. The summed E-state index contributed by atoms with van der Waals surface area (Å²) in [6.07, 6.45) is 20.1. The highest BCUT2D eigenvalue weighted by atomic mass is 35.5. The molecule has 0 fully saturated rings. The molecule has 0 spiro atoms. The van der Waals surface area contributed by atoms with Gasteiger partial charge in [-0.1, -0.05) is 78.6 Å². The van der Waals surface area contributed by atoms with Gasteiger partial charge in [0.25, 0.3) is 20.1 Å². The Kier molecular flexibility index (Phi) is 45.0. The van der Waals surface area contributed by atoms with Crippen molar-refractivity contribution in [2.45, 2.75) is 90.2 Å². The van der Waals surface area contributed by atoms with Crippen LogP contribution in [0.4, 0.5) is 11.4 Å². The third-order valence-corrected chi connectivity index (χ3v) is 16.1. The number of ketones is 2. The van der Waals surface area contributed by atoms with Gasteiger partial charge in [-0.2, -0.15) is 10.2 Å². The number of hydrogen-bond acceptors (Lipinski definition) is 32. The number of aromatic nitrogens is 8. The van der Waals surface area contributed by atoms with E-state index in [1.165, 1.54) is 76.8 Å². The molecule has 0 aliphatic heterocycles. The zero-order chi connectivity index (χ0) is 83.3. The van der Waals surface area contributed by atoms with Gasteiger partial charge in [0.1, 0.15) is 0 Å². The molecule has 10 aromatic heterocycles. The summed E-state index contributed by atoms with van der Waals surface area (Å²) in [4.78, 5) is 108. The molecule has 0 saturated carbocycles. The number of nitrogens with two attached hydrogens (primary N) is 4. The second kappa shape index (κ2) is 53.4. The van der Waals surface area contributed by atoms with Crippen LogP contribution in [0.5, 0.6) is 0 Å². The van der Waals surface area contributed by atoms with Crippen LogP contribution >= 0.6 is 34.3 Å². The summed E-state index contributed by atoms with van der Waals surface area (Å²) in [6, 6.07) is 37.0. The van der Waals surface area contributed by atoms with Crippen molar-refractivity contribution in [1.82, 2.24) is 45.3 Å². The van der Waals surface area contributed by atoms with E-state index in [0.29, 0.717) is 52.2 Å². The van der Waals surface area contributed by atoms with E-state index in [0.717, 1.165) is 42.7 Å². The number of furan rings is 6. The van der Waals surface area contributed by atoms with Crippen molar-refractivity contribution in [2.75, 3.05) is 50.6 Å². The SMILES string of the molecule is C.CCOC(=O)C(=O)Cl.CCOC(=O)C(=O)NCC(=O)c1ccco1.CCOC(=O)c1ccco1.CCOC(=O)c1nnc(-c2ccco2)s1.NCC(=O)c1ccco1.NN.Nc1cnn(C2CCc3ccccc32)c1.O.O=C(Nc1cnn(C2CCc3ccccc32)c1)c1nnc(-c2ccco2)s1.O=C(O)c1ccco1.[CH3][Al]([CH3])[CH3]. The van der Waals surface area contributed by atoms with Crippen LogP contribution in [0.15, 0.2) is 210 Å². The summed E-state index contributed by atoms with van der Waals surface area (Å²) < 4.78 is 51.2. The van der Waals surface area contributed by atoms with Gasteiger partial charge in [-0.05, 0) is 160 Å². The summed E-state index contributed by atoms with van der Waals surface area (Å²) in [5, 5.41) is 38.0. The first kappa shape index (κ1) is 97.6. The van der Waals surface area contributed by atoms with E-state index in [9.17, 15) is 47.9 Å². The van der Waals surface area contributed by atoms with Crippen LogP contribution in [0, 0.1) is 0 Å². The number of fused-ring (bicyclic) bond motifs is 2. The van der Waals surface area contributed by atoms with E-state index in [-0.39, 0.29) is 98.4 Å². The standard InChI is InChI=1S/C19H15N5O2S.C12H13N3.C10H11NO5.C9H8N2O3S.C7H8O3.C6H7NO2.C5H4O3.C4H5ClO3.CH4.3CH3.Al.H4N2.H2O/c25-17(19-23-22-18(27-19)16-6-3-9-26-16)21-13-10-20-24(11-13)15-8-7-12-4-1-2-5-14(12)15;13-10-7-14-15(8-10)12-6-5-9-3-1-2-4-11(9)12;1-2-15-10(14)9(13)11-6-7(12)8-4-3-5-16-8;1-2-13-9(12)8-11-10-7(15-8)6-4-3-5-14-6;1-2-9-7(8)6-4-3-5-10-6;7-4-5(8)6-2-1-3-9-6;6-5(7)4-2-1-3-8-4;1-2-8-4(7)3(5)6;;;;;;1-2;/h1-6,9-11,15H,7-8H2,(H,21,25);1-4,7-8,12H,5-6,13H2;3-5H,2,6H2,1H3,(H,11,13);3-5H,2H2,1H3;3-5H,2H2,1H3;1-3H,4,7H2;1-3H,(H,6,7);2H2,1H3;1H4;3*1H3;;1-2H2;1H2. The van der Waals surface area contributed by atoms with Crippen molar-refractivity contribution in [3.8, 4) is 21.5 Å². The lowest BCUT2D eigenvalue weighted by atomic mass is 10.1. The maximum absolute atomic E-state index is 12.5. The molecule has 13 N–H and O–H groups in total. The zero-order valence-electron chi connectivity index (χ0n) is 63.3. The van der Waals surface area contributed by atoms with Gasteiger partial charge in [0, 0.05) is 12.4 Å². The maximum Gasteiger partial charge on any atom is 0.396 e. The molecule has 2 aliphatic carbocycles. The van der Waals surface area contributed by atoms with Crippen LogP contribution in [0.3, 0.4) is 0 Å². The Hall–Kier alpha value is -12.6. The highest BCUT2D eigenvalue weighted by Gasteiger charge is 2.27. The molecule has 12 aromatic rings. The molecule has 10 heterocycles. The zero-order valence-corrected chi connectivity index (χ0v) is 66.9. The first-order valence-corrected chi connectivity index (χ1v) is 40.1. The van der Waals surface area contributed by atoms with Crippen molar-refractivity contribution in [2.24, 2.45) is 17.4 Å². The van der Waals surface area contributed by atoms with Gasteiger partial charge in [-0.3, -0.25) is 45.0 Å². The van der Waals surface area contributed by atoms with Crippen LogP contribution in [0.25, 0.3) is 21.5 Å². The van der Waals surface area contributed by atoms with E-state index in [4.69, 9.17) is 55.0 Å². The first-order chi connectivity index (χ1) is 55.0. The predicted octanol–water partition coefficient (Wildman–Crippen LogP) is 11.1. The second-order valence-electron chi connectivity index (χ2n) is 23.0. The van der Waals surface area contributed by atoms with Crippen molar-refractivity contribution in [1.29, 1.82) is 0 Å². The number of esters is 4. The lowest BCUT2D eigenvalue weighted by Crippen LogP contribution is -2.36. The van der Waals surface area contributed by atoms with Crippen LogP contribution in [0.1, 0.15) is 144 Å². The number of rotatable bonds is 19. The summed E-state index contributed by atoms with van der Waals surface area (Å²) in [5.41, 5.74) is 17.6. The third kappa shape index (κ3) is 32.9. The average Bonchev–Trinajstić information content (AvgIpc) is 1.68. The highest BCUT2D eigenvalue weighted by molar-refractivity contribution is 7.16. The number of carbonyl (C=O) groups is 10. The average molecular weight is 1680 g/mol. The van der Waals surface area contributed by atoms with Gasteiger partial charge in [0.05, 0.1) is 113 Å². The molecule has 2 atom stereocenters. The Morgan fingerprint density at radius 3 is 1.39 bits per heavy atom. The Balaban J connectivity index is 0.000000350. The topological polar surface area (TPSA) is 554 Å². The van der Waals surface area contributed by atoms with Crippen LogP contribution in [0.2, 0.25) is 17.4 Å². The van der Waals surface area contributed by atoms with Gasteiger partial charge < -0.3 is 78.1 Å². The van der Waals surface area contributed by atoms with Gasteiger partial charge in [0.2, 0.25) is 33.1 Å². The molecule has 0 bridgehead atoms. The molecule has 2 unspecified atom stereocenters. The number of hydrazine groups is 1. The minimum Gasteiger partial charge on any atom is -0.475 e. The number of aryl methyl sites for hydroxylation is 2. The number of benzene rings is 2. The number of ether oxygens (including phenoxy) is 4. The second-order valence-corrected chi connectivity index (χ2v) is 28.8. The quantitative estimate of drug-likeness (QED) is 0.00578. The fourth-order valence-corrected chi connectivity index (χ4v) is 10.9. The number of anilines is 2. The molecule has 40 heteroatoms. The Morgan fingerprint density at radius 2 is 0.966 bits per heavy atom. The Labute approximate surface area is 682 Å². The van der Waals surface area contributed by atoms with Crippen molar-refractivity contribution in [3.63, 3.8) is 0 Å². The molecule has 2 aliphatic rings. The number of aromatic carboxylic acids is 1. The molecule has 116 heavy (non-hydrogen) atoms. The molecule has 14 rings (SSSR count). The van der Waals surface area contributed by atoms with Gasteiger partial charge in [-0.15, -0.1) is 37.8 Å². The normalized spacial score (nSPS) is 11.8. The van der Waals surface area contributed by atoms with E-state index >= 15 is 0 Å². The molecule has 0 radical (unpaired) electrons. The smallest absolute Gasteiger partial charge is 0.396 e. The highest BCUT2D eigenvalue weighted by Crippen LogP contribution is 2.36. The molecular weight excluding hydrogens is 1590 g/mol. The monoisotopic (exact) mass is 1680 g/mol.